The second-order valence-corrected chi connectivity index (χ2v) is 8.53. The molecule has 142 valence electrons. The highest BCUT2D eigenvalue weighted by Crippen LogP contribution is 2.33. The van der Waals surface area contributed by atoms with Crippen molar-refractivity contribution in [3.05, 3.63) is 58.9 Å². The first-order valence-corrected chi connectivity index (χ1v) is 10.5. The average Bonchev–Trinajstić information content (AvgIpc) is 2.96. The zero-order valence-electron chi connectivity index (χ0n) is 14.7. The molecule has 0 aliphatic heterocycles. The van der Waals surface area contributed by atoms with E-state index >= 15 is 0 Å². The Kier molecular flexibility index (Phi) is 5.59. The Morgan fingerprint density at radius 3 is 2.41 bits per heavy atom. The second-order valence-electron chi connectivity index (χ2n) is 5.48. The van der Waals surface area contributed by atoms with E-state index in [2.05, 4.69) is 11.0 Å². The van der Waals surface area contributed by atoms with Gasteiger partial charge in [-0.25, -0.2) is 0 Å². The van der Waals surface area contributed by atoms with Gasteiger partial charge in [-0.15, -0.1) is 11.0 Å². The molecule has 3 rings (SSSR count). The molecular weight excluding hydrogens is 408 g/mol. The van der Waals surface area contributed by atoms with E-state index in [4.69, 9.17) is 21.1 Å². The summed E-state index contributed by atoms with van der Waals surface area (Å²) in [7, 11) is -0.798. The number of sulfonamides is 1. The molecule has 0 atom stereocenters. The van der Waals surface area contributed by atoms with Crippen LogP contribution in [0, 0.1) is 0 Å². The van der Waals surface area contributed by atoms with Gasteiger partial charge in [-0.3, -0.25) is 0 Å². The molecule has 0 fully saturated rings. The Morgan fingerprint density at radius 1 is 1.19 bits per heavy atom. The van der Waals surface area contributed by atoms with Gasteiger partial charge in [-0.1, -0.05) is 29.0 Å². The van der Waals surface area contributed by atoms with Gasteiger partial charge in [0.05, 0.1) is 29.3 Å². The van der Waals surface area contributed by atoms with E-state index in [0.717, 1.165) is 10.2 Å². The molecule has 27 heavy (non-hydrogen) atoms. The minimum absolute atomic E-state index is 0.0738. The van der Waals surface area contributed by atoms with Crippen molar-refractivity contribution < 1.29 is 17.9 Å². The smallest absolute Gasteiger partial charge is 0.285 e. The van der Waals surface area contributed by atoms with Crippen molar-refractivity contribution in [2.75, 3.05) is 14.2 Å². The fraction of sp³-hybridized carbons (Fsp3) is 0.167. The third-order valence-corrected chi connectivity index (χ3v) is 6.50. The normalized spacial score (nSPS) is 12.3. The van der Waals surface area contributed by atoms with Crippen molar-refractivity contribution in [1.29, 1.82) is 0 Å². The predicted molar refractivity (Wildman–Crippen MR) is 107 cm³/mol. The number of aromatic nitrogens is 1. The van der Waals surface area contributed by atoms with Gasteiger partial charge in [-0.2, -0.15) is 8.42 Å². The lowest BCUT2D eigenvalue weighted by Crippen LogP contribution is -2.16. The van der Waals surface area contributed by atoms with Crippen molar-refractivity contribution in [2.45, 2.75) is 11.4 Å². The summed E-state index contributed by atoms with van der Waals surface area (Å²) in [4.78, 5) is 0.403. The summed E-state index contributed by atoms with van der Waals surface area (Å²) in [6.45, 7) is 4.14. The SMILES string of the molecule is C=CCn1/c(=N/S(=O)(=O)c2ccc(Cl)cc2)sc2cc(OC)c(OC)cc21. The number of nitrogens with zero attached hydrogens (tertiary/aromatic N) is 2. The minimum atomic E-state index is -3.89. The van der Waals surface area contributed by atoms with Crippen LogP contribution >= 0.6 is 22.9 Å². The van der Waals surface area contributed by atoms with Gasteiger partial charge in [0, 0.05) is 23.7 Å². The molecule has 0 spiro atoms. The zero-order chi connectivity index (χ0) is 19.6. The van der Waals surface area contributed by atoms with Gasteiger partial charge in [-0.05, 0) is 24.3 Å². The van der Waals surface area contributed by atoms with Crippen LogP contribution in [0.25, 0.3) is 10.2 Å². The summed E-state index contributed by atoms with van der Waals surface area (Å²) in [6.07, 6.45) is 1.68. The van der Waals surface area contributed by atoms with Crippen molar-refractivity contribution in [2.24, 2.45) is 4.40 Å². The Bertz CT molecular complexity index is 1160. The molecule has 0 radical (unpaired) electrons. The molecule has 3 aromatic rings. The topological polar surface area (TPSA) is 69.9 Å². The van der Waals surface area contributed by atoms with Gasteiger partial charge in [0.25, 0.3) is 10.0 Å². The van der Waals surface area contributed by atoms with Crippen LogP contribution in [0.1, 0.15) is 0 Å². The number of rotatable bonds is 6. The summed E-state index contributed by atoms with van der Waals surface area (Å²) in [5, 5.41) is 0.455. The highest BCUT2D eigenvalue weighted by molar-refractivity contribution is 7.90. The zero-order valence-corrected chi connectivity index (χ0v) is 17.1. The number of methoxy groups -OCH3 is 2. The van der Waals surface area contributed by atoms with Crippen LogP contribution in [0.15, 0.2) is 58.3 Å². The van der Waals surface area contributed by atoms with E-state index in [1.807, 2.05) is 0 Å². The van der Waals surface area contributed by atoms with Crippen LogP contribution < -0.4 is 14.3 Å². The Hall–Kier alpha value is -2.29. The van der Waals surface area contributed by atoms with E-state index in [1.165, 1.54) is 35.6 Å². The van der Waals surface area contributed by atoms with E-state index in [1.54, 1.807) is 37.0 Å². The number of benzene rings is 2. The van der Waals surface area contributed by atoms with Gasteiger partial charge in [0.1, 0.15) is 0 Å². The maximum absolute atomic E-state index is 12.7. The molecule has 0 unspecified atom stereocenters. The first kappa shape index (κ1) is 19.5. The number of fused-ring (bicyclic) bond motifs is 1. The molecule has 0 saturated heterocycles. The van der Waals surface area contributed by atoms with Crippen LogP contribution in [0.2, 0.25) is 5.02 Å². The fourth-order valence-corrected chi connectivity index (χ4v) is 4.91. The molecule has 9 heteroatoms. The summed E-state index contributed by atoms with van der Waals surface area (Å²) >= 11 is 7.08. The molecule has 0 aliphatic rings. The number of ether oxygens (including phenoxy) is 2. The standard InChI is InChI=1S/C18H17ClN2O4S2/c1-4-9-21-14-10-15(24-2)16(25-3)11-17(14)26-18(21)20-27(22,23)13-7-5-12(19)6-8-13/h4-8,10-11H,1,9H2,2-3H3/b20-18-. The highest BCUT2D eigenvalue weighted by Gasteiger charge is 2.16. The molecule has 0 saturated carbocycles. The van der Waals surface area contributed by atoms with Gasteiger partial charge in [0.2, 0.25) is 4.80 Å². The monoisotopic (exact) mass is 424 g/mol. The minimum Gasteiger partial charge on any atom is -0.493 e. The summed E-state index contributed by atoms with van der Waals surface area (Å²) in [6, 6.07) is 9.48. The lowest BCUT2D eigenvalue weighted by atomic mass is 10.3. The van der Waals surface area contributed by atoms with E-state index in [9.17, 15) is 8.42 Å². The summed E-state index contributed by atoms with van der Waals surface area (Å²) < 4.78 is 42.7. The first-order valence-electron chi connectivity index (χ1n) is 7.82. The van der Waals surface area contributed by atoms with Crippen molar-refractivity contribution >= 4 is 43.2 Å². The molecule has 0 amide bonds. The maximum atomic E-state index is 12.7. The van der Waals surface area contributed by atoms with Crippen molar-refractivity contribution in [3.8, 4) is 11.5 Å². The van der Waals surface area contributed by atoms with Crippen LogP contribution in [0.3, 0.4) is 0 Å². The number of hydrogen-bond donors (Lipinski definition) is 0. The number of thiazole rings is 1. The second kappa shape index (κ2) is 7.75. The van der Waals surface area contributed by atoms with E-state index in [0.29, 0.717) is 27.9 Å². The number of allylic oxidation sites excluding steroid dienone is 1. The predicted octanol–water partition coefficient (Wildman–Crippen LogP) is 3.85. The quantitative estimate of drug-likeness (QED) is 0.563. The average molecular weight is 425 g/mol. The number of halogens is 1. The summed E-state index contributed by atoms with van der Waals surface area (Å²) in [5.74, 6) is 1.11. The van der Waals surface area contributed by atoms with Crippen LogP contribution in [0.5, 0.6) is 11.5 Å². The third-order valence-electron chi connectivity index (χ3n) is 3.81. The molecule has 0 N–H and O–H groups in total. The fourth-order valence-electron chi connectivity index (χ4n) is 2.53. The Balaban J connectivity index is 2.26. The van der Waals surface area contributed by atoms with Crippen LogP contribution in [-0.4, -0.2) is 27.2 Å². The Morgan fingerprint density at radius 2 is 1.81 bits per heavy atom. The maximum Gasteiger partial charge on any atom is 0.285 e. The molecule has 6 nitrogen and oxygen atoms in total. The molecule has 2 aromatic carbocycles. The van der Waals surface area contributed by atoms with E-state index < -0.39 is 10.0 Å². The van der Waals surface area contributed by atoms with E-state index in [-0.39, 0.29) is 4.90 Å². The largest absolute Gasteiger partial charge is 0.493 e. The first-order chi connectivity index (χ1) is 12.9. The summed E-state index contributed by atoms with van der Waals surface area (Å²) in [5.41, 5.74) is 0.780. The molecule has 1 aromatic heterocycles. The lowest BCUT2D eigenvalue weighted by Gasteiger charge is -2.08. The molecule has 0 aliphatic carbocycles. The third kappa shape index (κ3) is 3.87. The number of hydrogen-bond acceptors (Lipinski definition) is 5. The van der Waals surface area contributed by atoms with Crippen LogP contribution in [0.4, 0.5) is 0 Å². The Labute approximate surface area is 166 Å². The molecule has 1 heterocycles. The van der Waals surface area contributed by atoms with Gasteiger partial charge < -0.3 is 14.0 Å². The molecular formula is C18H17ClN2O4S2. The van der Waals surface area contributed by atoms with Crippen molar-refractivity contribution in [3.63, 3.8) is 0 Å². The highest BCUT2D eigenvalue weighted by atomic mass is 35.5. The van der Waals surface area contributed by atoms with Crippen molar-refractivity contribution in [1.82, 2.24) is 4.57 Å². The molecule has 0 bridgehead atoms. The van der Waals surface area contributed by atoms with Gasteiger partial charge in [0.15, 0.2) is 11.5 Å². The van der Waals surface area contributed by atoms with Gasteiger partial charge >= 0.3 is 0 Å². The van der Waals surface area contributed by atoms with Crippen LogP contribution in [-0.2, 0) is 16.6 Å². The lowest BCUT2D eigenvalue weighted by molar-refractivity contribution is 0.355.